The molecule has 2 aliphatic heterocycles. The molecule has 11 nitrogen and oxygen atoms in total. The van der Waals surface area contributed by atoms with E-state index < -0.39 is 16.0 Å². The minimum atomic E-state index is -4.00. The van der Waals surface area contributed by atoms with Gasteiger partial charge in [-0.05, 0) is 99.3 Å². The van der Waals surface area contributed by atoms with E-state index in [2.05, 4.69) is 15.4 Å². The molecular weight excluding hydrogens is 703 g/mol. The van der Waals surface area contributed by atoms with Gasteiger partial charge in [-0.3, -0.25) is 19.1 Å². The Labute approximate surface area is 296 Å². The van der Waals surface area contributed by atoms with Crippen LogP contribution in [0.5, 0.6) is 11.5 Å². The number of carboxylic acid groups (broad SMARTS) is 1. The number of anilines is 1. The van der Waals surface area contributed by atoms with Crippen LogP contribution in [-0.4, -0.2) is 68.9 Å². The van der Waals surface area contributed by atoms with Crippen LogP contribution >= 0.6 is 35.6 Å². The number of para-hydroxylation sites is 2. The first-order valence-corrected chi connectivity index (χ1v) is 17.5. The lowest BCUT2D eigenvalue weighted by Crippen LogP contribution is -2.44. The van der Waals surface area contributed by atoms with Gasteiger partial charge in [0.15, 0.2) is 5.75 Å². The Morgan fingerprint density at radius 3 is 2.19 bits per heavy atom. The Bertz CT molecular complexity index is 1660. The Balaban J connectivity index is 0.00000118. The third-order valence-electron chi connectivity index (χ3n) is 7.83. The highest BCUT2D eigenvalue weighted by Crippen LogP contribution is 2.36. The van der Waals surface area contributed by atoms with E-state index in [0.29, 0.717) is 54.7 Å². The third kappa shape index (κ3) is 11.3. The summed E-state index contributed by atoms with van der Waals surface area (Å²) in [5.41, 5.74) is 0.602. The molecule has 2 amide bonds. The molecule has 2 saturated heterocycles. The molecule has 0 spiro atoms. The first-order valence-electron chi connectivity index (χ1n) is 15.2. The number of nitrogens with one attached hydrogen (secondary N) is 3. The predicted molar refractivity (Wildman–Crippen MR) is 188 cm³/mol. The van der Waals surface area contributed by atoms with E-state index in [1.54, 1.807) is 41.3 Å². The van der Waals surface area contributed by atoms with Crippen molar-refractivity contribution in [3.05, 3.63) is 82.3 Å². The number of carboxylic acids is 1. The number of ether oxygens (including phenoxy) is 1. The molecule has 0 unspecified atom stereocenters. The van der Waals surface area contributed by atoms with Crippen molar-refractivity contribution in [1.29, 1.82) is 0 Å². The molecule has 15 heteroatoms. The minimum Gasteiger partial charge on any atom is -0.481 e. The van der Waals surface area contributed by atoms with Gasteiger partial charge in [-0.15, -0.1) is 12.4 Å². The maximum atomic E-state index is 13.2. The third-order valence-corrected chi connectivity index (χ3v) is 9.75. The molecule has 260 valence electrons. The van der Waals surface area contributed by atoms with Gasteiger partial charge in [0.2, 0.25) is 5.91 Å². The molecule has 4 N–H and O–H groups in total. The maximum absolute atomic E-state index is 13.2. The number of halogens is 3. The van der Waals surface area contributed by atoms with E-state index in [1.165, 1.54) is 30.3 Å². The zero-order valence-electron chi connectivity index (χ0n) is 26.3. The SMILES string of the molecule is CC(=O)O.Cl.O=C(NCC1CCNCC1)C1CCN(C(=O)c2ccc(S(=O)(=O)Nc3ccccc3Oc3ccc(Cl)cc3Cl)cc2)CC1. The average Bonchev–Trinajstić information content (AvgIpc) is 3.05. The number of benzene rings is 3. The number of carbonyl (C=O) groups excluding carboxylic acids is 2. The zero-order chi connectivity index (χ0) is 34.0. The molecule has 2 heterocycles. The number of carbonyl (C=O) groups is 3. The van der Waals surface area contributed by atoms with Gasteiger partial charge >= 0.3 is 0 Å². The van der Waals surface area contributed by atoms with E-state index in [9.17, 15) is 18.0 Å². The van der Waals surface area contributed by atoms with Crippen LogP contribution in [0.1, 0.15) is 43.0 Å². The van der Waals surface area contributed by atoms with Crippen LogP contribution in [0.2, 0.25) is 10.0 Å². The first kappa shape index (κ1) is 38.9. The smallest absolute Gasteiger partial charge is 0.300 e. The van der Waals surface area contributed by atoms with Gasteiger partial charge in [0.05, 0.1) is 15.6 Å². The van der Waals surface area contributed by atoms with Gasteiger partial charge in [0, 0.05) is 43.1 Å². The summed E-state index contributed by atoms with van der Waals surface area (Å²) in [6.07, 6.45) is 3.35. The number of aliphatic carboxylic acids is 1. The standard InChI is InChI=1S/C31H34Cl2N4O5S.C2H4O2.ClH/c32-24-7-10-28(26(33)19-24)42-29-4-2-1-3-27(29)36-43(40,41)25-8-5-23(6-9-25)31(39)37-17-13-22(14-18-37)30(38)35-20-21-11-15-34-16-12-21;1-2(3)4;/h1-10,19,21-22,34,36H,11-18,20H2,(H,35,38);1H3,(H,3,4);1H. The Morgan fingerprint density at radius 2 is 1.56 bits per heavy atom. The van der Waals surface area contributed by atoms with Crippen molar-refractivity contribution in [1.82, 2.24) is 15.5 Å². The number of likely N-dealkylation sites (tertiary alicyclic amines) is 1. The van der Waals surface area contributed by atoms with Gasteiger partial charge in [-0.2, -0.15) is 0 Å². The van der Waals surface area contributed by atoms with Crippen molar-refractivity contribution in [2.24, 2.45) is 11.8 Å². The highest BCUT2D eigenvalue weighted by molar-refractivity contribution is 7.92. The number of nitrogens with zero attached hydrogens (tertiary/aromatic N) is 1. The molecule has 0 aromatic heterocycles. The summed E-state index contributed by atoms with van der Waals surface area (Å²) < 4.78 is 34.8. The molecule has 0 bridgehead atoms. The lowest BCUT2D eigenvalue weighted by atomic mass is 9.94. The monoisotopic (exact) mass is 740 g/mol. The summed E-state index contributed by atoms with van der Waals surface area (Å²) >= 11 is 12.2. The van der Waals surface area contributed by atoms with Gasteiger partial charge in [0.1, 0.15) is 5.75 Å². The molecule has 0 saturated carbocycles. The van der Waals surface area contributed by atoms with Crippen LogP contribution in [0.4, 0.5) is 5.69 Å². The zero-order valence-corrected chi connectivity index (χ0v) is 29.4. The van der Waals surface area contributed by atoms with Crippen molar-refractivity contribution >= 4 is 69.1 Å². The molecule has 0 radical (unpaired) electrons. The van der Waals surface area contributed by atoms with Crippen LogP contribution < -0.4 is 20.1 Å². The number of amides is 2. The molecule has 0 aliphatic carbocycles. The fraction of sp³-hybridized carbons (Fsp3) is 0.364. The largest absolute Gasteiger partial charge is 0.481 e. The number of hydrogen-bond acceptors (Lipinski definition) is 7. The molecular formula is C33H39Cl3N4O7S. The number of hydrogen-bond donors (Lipinski definition) is 4. The maximum Gasteiger partial charge on any atom is 0.300 e. The molecule has 2 fully saturated rings. The second-order valence-electron chi connectivity index (χ2n) is 11.3. The van der Waals surface area contributed by atoms with Crippen molar-refractivity contribution < 1.29 is 32.6 Å². The van der Waals surface area contributed by atoms with Crippen LogP contribution in [0.3, 0.4) is 0 Å². The molecule has 2 aliphatic rings. The lowest BCUT2D eigenvalue weighted by molar-refractivity contribution is -0.134. The van der Waals surface area contributed by atoms with Crippen LogP contribution in [-0.2, 0) is 19.6 Å². The van der Waals surface area contributed by atoms with Gasteiger partial charge < -0.3 is 25.4 Å². The van der Waals surface area contributed by atoms with Crippen molar-refractivity contribution in [2.45, 2.75) is 37.5 Å². The fourth-order valence-electron chi connectivity index (χ4n) is 5.30. The molecule has 0 atom stereocenters. The topological polar surface area (TPSA) is 154 Å². The van der Waals surface area contributed by atoms with Crippen LogP contribution in [0.15, 0.2) is 71.6 Å². The van der Waals surface area contributed by atoms with Gasteiger partial charge in [0.25, 0.3) is 21.9 Å². The van der Waals surface area contributed by atoms with Crippen molar-refractivity contribution in [3.63, 3.8) is 0 Å². The summed E-state index contributed by atoms with van der Waals surface area (Å²) in [6, 6.07) is 17.1. The van der Waals surface area contributed by atoms with Gasteiger partial charge in [-0.25, -0.2) is 8.42 Å². The summed E-state index contributed by atoms with van der Waals surface area (Å²) in [4.78, 5) is 36.5. The second-order valence-corrected chi connectivity index (χ2v) is 13.9. The molecule has 3 aromatic rings. The summed E-state index contributed by atoms with van der Waals surface area (Å²) in [5.74, 6) is 0.0326. The van der Waals surface area contributed by atoms with Crippen LogP contribution in [0, 0.1) is 11.8 Å². The van der Waals surface area contributed by atoms with E-state index in [1.807, 2.05) is 0 Å². The Kier molecular flexibility index (Phi) is 14.8. The molecule has 3 aromatic carbocycles. The van der Waals surface area contributed by atoms with E-state index in [0.717, 1.165) is 32.9 Å². The Hall–Kier alpha value is -3.55. The summed E-state index contributed by atoms with van der Waals surface area (Å²) in [7, 11) is -4.00. The normalized spacial score (nSPS) is 15.3. The first-order chi connectivity index (χ1) is 22.4. The predicted octanol–water partition coefficient (Wildman–Crippen LogP) is 6.07. The number of sulfonamides is 1. The van der Waals surface area contributed by atoms with Crippen molar-refractivity contribution in [2.75, 3.05) is 37.4 Å². The fourth-order valence-corrected chi connectivity index (χ4v) is 6.82. The minimum absolute atomic E-state index is 0. The van der Waals surface area contributed by atoms with E-state index >= 15 is 0 Å². The number of piperidine rings is 2. The van der Waals surface area contributed by atoms with Crippen molar-refractivity contribution in [3.8, 4) is 11.5 Å². The average molecular weight is 742 g/mol. The summed E-state index contributed by atoms with van der Waals surface area (Å²) in [6.45, 7) is 4.72. The Morgan fingerprint density at radius 1 is 0.938 bits per heavy atom. The van der Waals surface area contributed by atoms with E-state index in [-0.39, 0.29) is 51.5 Å². The summed E-state index contributed by atoms with van der Waals surface area (Å²) in [5, 5.41) is 14.6. The highest BCUT2D eigenvalue weighted by Gasteiger charge is 2.28. The second kappa shape index (κ2) is 18.3. The molecule has 5 rings (SSSR count). The van der Waals surface area contributed by atoms with E-state index in [4.69, 9.17) is 37.8 Å². The number of rotatable bonds is 9. The highest BCUT2D eigenvalue weighted by atomic mass is 35.5. The lowest BCUT2D eigenvalue weighted by Gasteiger charge is -2.32. The van der Waals surface area contributed by atoms with Crippen LogP contribution in [0.25, 0.3) is 0 Å². The molecule has 48 heavy (non-hydrogen) atoms. The van der Waals surface area contributed by atoms with Gasteiger partial charge in [-0.1, -0.05) is 35.3 Å². The quantitative estimate of drug-likeness (QED) is 0.206.